The minimum absolute atomic E-state index is 0.136. The fourth-order valence-corrected chi connectivity index (χ4v) is 4.38. The molecule has 3 aromatic heterocycles. The van der Waals surface area contributed by atoms with Gasteiger partial charge in [0.25, 0.3) is 11.8 Å². The number of amides is 2. The number of benzene rings is 1. The number of anilines is 2. The first kappa shape index (κ1) is 23.4. The highest BCUT2D eigenvalue weighted by molar-refractivity contribution is 7.17. The van der Waals surface area contributed by atoms with E-state index >= 15 is 0 Å². The fraction of sp³-hybridized carbons (Fsp3) is 0.130. The molecule has 0 aliphatic heterocycles. The van der Waals surface area contributed by atoms with Gasteiger partial charge in [-0.1, -0.05) is 11.6 Å². The molecule has 34 heavy (non-hydrogen) atoms. The molecule has 0 atom stereocenters. The lowest BCUT2D eigenvalue weighted by Crippen LogP contribution is -2.26. The Morgan fingerprint density at radius 1 is 1.15 bits per heavy atom. The third-order valence-corrected chi connectivity index (χ3v) is 6.13. The van der Waals surface area contributed by atoms with Crippen LogP contribution in [0.4, 0.5) is 11.5 Å². The van der Waals surface area contributed by atoms with E-state index in [1.165, 1.54) is 29.9 Å². The normalized spacial score (nSPS) is 10.8. The van der Waals surface area contributed by atoms with Gasteiger partial charge in [-0.15, -0.1) is 11.3 Å². The summed E-state index contributed by atoms with van der Waals surface area (Å²) in [5.41, 5.74) is 8.13. The number of nitrogens with two attached hydrogens (primary N) is 1. The Morgan fingerprint density at radius 3 is 2.71 bits per heavy atom. The molecule has 0 fully saturated rings. The number of aliphatic hydroxyl groups is 1. The van der Waals surface area contributed by atoms with Crippen molar-refractivity contribution in [3.05, 3.63) is 76.0 Å². The second-order valence-corrected chi connectivity index (χ2v) is 8.48. The molecule has 0 aliphatic carbocycles. The van der Waals surface area contributed by atoms with Crippen LogP contribution < -0.4 is 21.1 Å². The van der Waals surface area contributed by atoms with Crippen molar-refractivity contribution in [1.29, 1.82) is 0 Å². The zero-order valence-electron chi connectivity index (χ0n) is 17.7. The summed E-state index contributed by atoms with van der Waals surface area (Å²) in [6.07, 6.45) is 4.36. The maximum absolute atomic E-state index is 12.6. The van der Waals surface area contributed by atoms with Crippen LogP contribution in [-0.4, -0.2) is 40.0 Å². The zero-order chi connectivity index (χ0) is 24.1. The van der Waals surface area contributed by atoms with E-state index in [1.54, 1.807) is 30.3 Å². The molecule has 11 heteroatoms. The van der Waals surface area contributed by atoms with Crippen molar-refractivity contribution in [3.63, 3.8) is 0 Å². The number of carbonyl (C=O) groups excluding carboxylic acids is 2. The molecule has 0 bridgehead atoms. The van der Waals surface area contributed by atoms with Crippen molar-refractivity contribution in [2.75, 3.05) is 24.2 Å². The summed E-state index contributed by atoms with van der Waals surface area (Å²) in [6.45, 7) is 0.115. The highest BCUT2D eigenvalue weighted by atomic mass is 35.5. The quantitative estimate of drug-likeness (QED) is 0.292. The summed E-state index contributed by atoms with van der Waals surface area (Å²) in [5, 5.41) is 17.4. The lowest BCUT2D eigenvalue weighted by molar-refractivity contribution is 0.0945. The van der Waals surface area contributed by atoms with Gasteiger partial charge in [0, 0.05) is 40.6 Å². The largest absolute Gasteiger partial charge is 0.487 e. The Labute approximate surface area is 203 Å². The van der Waals surface area contributed by atoms with Crippen molar-refractivity contribution in [3.8, 4) is 5.75 Å². The van der Waals surface area contributed by atoms with Crippen molar-refractivity contribution in [2.24, 2.45) is 0 Å². The molecule has 0 unspecified atom stereocenters. The monoisotopic (exact) mass is 497 g/mol. The second kappa shape index (κ2) is 10.5. The molecule has 4 rings (SSSR count). The fourth-order valence-electron chi connectivity index (χ4n) is 3.18. The minimum atomic E-state index is -0.343. The molecule has 5 N–H and O–H groups in total. The van der Waals surface area contributed by atoms with Gasteiger partial charge in [0.1, 0.15) is 18.2 Å². The van der Waals surface area contributed by atoms with Crippen molar-refractivity contribution >= 4 is 56.3 Å². The van der Waals surface area contributed by atoms with Gasteiger partial charge in [-0.3, -0.25) is 14.6 Å². The molecular weight excluding hydrogens is 478 g/mol. The number of fused-ring (bicyclic) bond motifs is 1. The third kappa shape index (κ3) is 5.25. The van der Waals surface area contributed by atoms with E-state index in [4.69, 9.17) is 27.2 Å². The van der Waals surface area contributed by atoms with Crippen LogP contribution in [0.5, 0.6) is 5.75 Å². The predicted molar refractivity (Wildman–Crippen MR) is 131 cm³/mol. The first-order valence-electron chi connectivity index (χ1n) is 10.1. The van der Waals surface area contributed by atoms with Crippen molar-refractivity contribution in [1.82, 2.24) is 15.3 Å². The van der Waals surface area contributed by atoms with Gasteiger partial charge >= 0.3 is 0 Å². The van der Waals surface area contributed by atoms with Gasteiger partial charge in [0.05, 0.1) is 28.6 Å². The Bertz CT molecular complexity index is 1340. The summed E-state index contributed by atoms with van der Waals surface area (Å²) < 4.78 is 6.54. The maximum atomic E-state index is 12.6. The van der Waals surface area contributed by atoms with Crippen LogP contribution >= 0.6 is 22.9 Å². The van der Waals surface area contributed by atoms with Crippen LogP contribution in [0.15, 0.2) is 54.3 Å². The number of nitrogens with zero attached hydrogens (tertiary/aromatic N) is 2. The molecule has 174 valence electrons. The van der Waals surface area contributed by atoms with Crippen LogP contribution in [0.3, 0.4) is 0 Å². The minimum Gasteiger partial charge on any atom is -0.487 e. The average Bonchev–Trinajstić information content (AvgIpc) is 3.28. The molecule has 2 amide bonds. The Kier molecular flexibility index (Phi) is 7.21. The number of rotatable bonds is 8. The molecule has 1 aromatic carbocycles. The molecule has 0 saturated carbocycles. The van der Waals surface area contributed by atoms with Crippen LogP contribution in [-0.2, 0) is 6.61 Å². The molecule has 0 radical (unpaired) electrons. The van der Waals surface area contributed by atoms with Gasteiger partial charge in [-0.2, -0.15) is 0 Å². The summed E-state index contributed by atoms with van der Waals surface area (Å²) in [4.78, 5) is 33.2. The van der Waals surface area contributed by atoms with Crippen LogP contribution in [0, 0.1) is 0 Å². The average molecular weight is 498 g/mol. The predicted octanol–water partition coefficient (Wildman–Crippen LogP) is 3.48. The van der Waals surface area contributed by atoms with E-state index in [0.29, 0.717) is 37.7 Å². The van der Waals surface area contributed by atoms with E-state index in [-0.39, 0.29) is 37.4 Å². The lowest BCUT2D eigenvalue weighted by Gasteiger charge is -2.09. The Hall–Kier alpha value is -3.73. The zero-order valence-corrected chi connectivity index (χ0v) is 19.3. The number of aliphatic hydroxyl groups excluding tert-OH is 1. The van der Waals surface area contributed by atoms with Crippen LogP contribution in [0.25, 0.3) is 10.1 Å². The topological polar surface area (TPSA) is 139 Å². The number of halogens is 1. The molecule has 0 saturated heterocycles. The smallest absolute Gasteiger partial charge is 0.257 e. The van der Waals surface area contributed by atoms with Gasteiger partial charge < -0.3 is 26.2 Å². The maximum Gasteiger partial charge on any atom is 0.257 e. The van der Waals surface area contributed by atoms with Gasteiger partial charge in [0.2, 0.25) is 0 Å². The first-order chi connectivity index (χ1) is 16.5. The van der Waals surface area contributed by atoms with E-state index in [2.05, 4.69) is 20.6 Å². The van der Waals surface area contributed by atoms with E-state index < -0.39 is 0 Å². The van der Waals surface area contributed by atoms with Crippen molar-refractivity contribution in [2.45, 2.75) is 6.61 Å². The molecule has 3 heterocycles. The number of hydrogen-bond acceptors (Lipinski definition) is 8. The Morgan fingerprint density at radius 2 is 1.94 bits per heavy atom. The number of carbonyl (C=O) groups is 2. The van der Waals surface area contributed by atoms with E-state index in [0.717, 1.165) is 5.56 Å². The van der Waals surface area contributed by atoms with Gasteiger partial charge in [0.15, 0.2) is 0 Å². The highest BCUT2D eigenvalue weighted by Gasteiger charge is 2.18. The molecule has 4 aromatic rings. The highest BCUT2D eigenvalue weighted by Crippen LogP contribution is 2.33. The van der Waals surface area contributed by atoms with Crippen molar-refractivity contribution < 1.29 is 19.4 Å². The summed E-state index contributed by atoms with van der Waals surface area (Å²) in [6, 6.07) is 8.35. The number of pyridine rings is 2. The molecule has 0 spiro atoms. The van der Waals surface area contributed by atoms with Gasteiger partial charge in [-0.05, 0) is 35.7 Å². The number of aromatic nitrogens is 2. The summed E-state index contributed by atoms with van der Waals surface area (Å²) in [7, 11) is 0. The van der Waals surface area contributed by atoms with E-state index in [9.17, 15) is 9.59 Å². The number of nitrogen functional groups attached to an aromatic ring is 1. The number of thiophene rings is 1. The first-order valence-corrected chi connectivity index (χ1v) is 11.4. The number of nitrogens with one attached hydrogen (secondary N) is 2. The van der Waals surface area contributed by atoms with E-state index in [1.807, 2.05) is 5.38 Å². The van der Waals surface area contributed by atoms with Gasteiger partial charge in [-0.25, -0.2) is 4.98 Å². The number of ether oxygens (including phenoxy) is 1. The summed E-state index contributed by atoms with van der Waals surface area (Å²) >= 11 is 7.22. The molecule has 9 nitrogen and oxygen atoms in total. The standard InChI is InChI=1S/C23H20ClN5O4S/c24-15-1-3-16(4-2-15)29-22(31)13-7-17(9-26-8-13)33-11-14-12-34-20-18(23(32)27-5-6-30)10-28-21(25)19(14)20/h1-4,7-10,12,30H,5-6,11H2,(H2,25,28)(H,27,32)(H,29,31). The molecule has 0 aliphatic rings. The second-order valence-electron chi connectivity index (χ2n) is 7.16. The third-order valence-electron chi connectivity index (χ3n) is 4.81. The summed E-state index contributed by atoms with van der Waals surface area (Å²) in [5.74, 6) is -0.00745. The Balaban J connectivity index is 1.49. The lowest BCUT2D eigenvalue weighted by atomic mass is 10.1. The SMILES string of the molecule is Nc1ncc(C(=O)NCCO)c2scc(COc3cncc(C(=O)Nc4ccc(Cl)cc4)c3)c12. The number of hydrogen-bond donors (Lipinski definition) is 4. The van der Waals surface area contributed by atoms with Crippen LogP contribution in [0.1, 0.15) is 26.3 Å². The van der Waals surface area contributed by atoms with Crippen LogP contribution in [0.2, 0.25) is 5.02 Å². The molecular formula is C23H20ClN5O4S.